The Bertz CT molecular complexity index is 696. The maximum Gasteiger partial charge on any atom is 0.333 e. The van der Waals surface area contributed by atoms with Gasteiger partial charge in [0.15, 0.2) is 0 Å². The number of carbonyl (C=O) groups is 3. The highest BCUT2D eigenvalue weighted by Crippen LogP contribution is 2.26. The van der Waals surface area contributed by atoms with Crippen molar-refractivity contribution in [3.63, 3.8) is 0 Å². The highest BCUT2D eigenvalue weighted by Gasteiger charge is 2.39. The number of hydrogen-bond donors (Lipinski definition) is 1. The van der Waals surface area contributed by atoms with Crippen molar-refractivity contribution in [2.24, 2.45) is 17.3 Å². The Balaban J connectivity index is 3.12. The van der Waals surface area contributed by atoms with E-state index in [4.69, 9.17) is 4.74 Å². The van der Waals surface area contributed by atoms with Crippen LogP contribution in [0.1, 0.15) is 68.2 Å². The Hall–Kier alpha value is -1.89. The van der Waals surface area contributed by atoms with Gasteiger partial charge in [-0.3, -0.25) is 14.5 Å². The number of likely N-dealkylation sites (tertiary alicyclic amines) is 1. The van der Waals surface area contributed by atoms with Crippen LogP contribution in [0.2, 0.25) is 0 Å². The van der Waals surface area contributed by atoms with E-state index >= 15 is 0 Å². The van der Waals surface area contributed by atoms with E-state index in [2.05, 4.69) is 17.1 Å². The molecule has 0 spiro atoms. The van der Waals surface area contributed by atoms with E-state index < -0.39 is 11.5 Å². The van der Waals surface area contributed by atoms with Crippen LogP contribution in [0.15, 0.2) is 11.6 Å². The lowest BCUT2D eigenvalue weighted by atomic mass is 9.84. The number of carbonyl (C=O) groups excluding carboxylic acids is 3. The fraction of sp³-hybridized carbons (Fsp3) is 0.800. The van der Waals surface area contributed by atoms with Crippen LogP contribution in [0, 0.1) is 17.3 Å². The fourth-order valence-electron chi connectivity index (χ4n) is 4.12. The maximum absolute atomic E-state index is 13.6. The van der Waals surface area contributed by atoms with Crippen molar-refractivity contribution in [1.82, 2.24) is 15.1 Å². The van der Waals surface area contributed by atoms with E-state index in [0.29, 0.717) is 18.1 Å². The Morgan fingerprint density at radius 1 is 1.25 bits per heavy atom. The molecule has 1 N–H and O–H groups in total. The van der Waals surface area contributed by atoms with Crippen molar-refractivity contribution in [1.29, 1.82) is 0 Å². The molecule has 0 radical (unpaired) electrons. The third-order valence-corrected chi connectivity index (χ3v) is 6.33. The topological polar surface area (TPSA) is 79.0 Å². The molecule has 0 aromatic heterocycles. The highest BCUT2D eigenvalue weighted by molar-refractivity contribution is 5.91. The SMILES string of the molecule is CCOC(=O)/C(C)=C/[C@H](C(C)C)N(C)C(=O)[C@@H](NC(=O)C1CC(C)CCN1C)C(C)(C)C. The van der Waals surface area contributed by atoms with Crippen molar-refractivity contribution in [3.05, 3.63) is 11.6 Å². The van der Waals surface area contributed by atoms with Gasteiger partial charge < -0.3 is 15.0 Å². The Morgan fingerprint density at radius 2 is 1.84 bits per heavy atom. The summed E-state index contributed by atoms with van der Waals surface area (Å²) in [6.45, 7) is 16.7. The Morgan fingerprint density at radius 3 is 2.34 bits per heavy atom. The lowest BCUT2D eigenvalue weighted by Gasteiger charge is -2.40. The maximum atomic E-state index is 13.6. The molecular weight excluding hydrogens is 406 g/mol. The molecule has 2 amide bonds. The van der Waals surface area contributed by atoms with Gasteiger partial charge in [0.25, 0.3) is 0 Å². The van der Waals surface area contributed by atoms with E-state index in [1.165, 1.54) is 0 Å². The molecule has 1 fully saturated rings. The van der Waals surface area contributed by atoms with Gasteiger partial charge in [0.1, 0.15) is 6.04 Å². The van der Waals surface area contributed by atoms with Crippen LogP contribution < -0.4 is 5.32 Å². The summed E-state index contributed by atoms with van der Waals surface area (Å²) >= 11 is 0. The number of ether oxygens (including phenoxy) is 1. The first-order valence-electron chi connectivity index (χ1n) is 11.8. The molecule has 0 saturated carbocycles. The van der Waals surface area contributed by atoms with E-state index in [1.807, 2.05) is 41.7 Å². The largest absolute Gasteiger partial charge is 0.463 e. The van der Waals surface area contributed by atoms with Crippen LogP contribution in [0.3, 0.4) is 0 Å². The van der Waals surface area contributed by atoms with E-state index in [-0.39, 0.29) is 35.8 Å². The average molecular weight is 452 g/mol. The molecule has 7 heteroatoms. The number of esters is 1. The molecule has 1 saturated heterocycles. The third kappa shape index (κ3) is 7.61. The average Bonchev–Trinajstić information content (AvgIpc) is 2.69. The van der Waals surface area contributed by atoms with Crippen molar-refractivity contribution in [2.45, 2.75) is 86.4 Å². The second-order valence-electron chi connectivity index (χ2n) is 10.7. The van der Waals surface area contributed by atoms with Crippen molar-refractivity contribution in [2.75, 3.05) is 27.2 Å². The number of amides is 2. The molecule has 1 aliphatic heterocycles. The first-order chi connectivity index (χ1) is 14.7. The molecule has 0 aromatic rings. The predicted octanol–water partition coefficient (Wildman–Crippen LogP) is 3.24. The molecule has 4 atom stereocenters. The molecule has 1 aliphatic rings. The van der Waals surface area contributed by atoms with Crippen LogP contribution in [0.4, 0.5) is 0 Å². The third-order valence-electron chi connectivity index (χ3n) is 6.33. The van der Waals surface area contributed by atoms with Gasteiger partial charge in [0.05, 0.1) is 18.7 Å². The van der Waals surface area contributed by atoms with Gasteiger partial charge in [-0.15, -0.1) is 0 Å². The summed E-state index contributed by atoms with van der Waals surface area (Å²) in [5.41, 5.74) is 0.000687. The quantitative estimate of drug-likeness (QED) is 0.453. The van der Waals surface area contributed by atoms with Crippen LogP contribution >= 0.6 is 0 Å². The minimum atomic E-state index is -0.678. The summed E-state index contributed by atoms with van der Waals surface area (Å²) in [6.07, 6.45) is 3.66. The molecular formula is C25H45N3O4. The molecule has 184 valence electrons. The Kier molecular flexibility index (Phi) is 10.4. The number of nitrogens with zero attached hydrogens (tertiary/aromatic N) is 2. The van der Waals surface area contributed by atoms with Crippen molar-refractivity contribution < 1.29 is 19.1 Å². The monoisotopic (exact) mass is 451 g/mol. The van der Waals surface area contributed by atoms with E-state index in [0.717, 1.165) is 19.4 Å². The van der Waals surface area contributed by atoms with Gasteiger partial charge in [-0.25, -0.2) is 4.79 Å². The van der Waals surface area contributed by atoms with E-state index in [9.17, 15) is 14.4 Å². The van der Waals surface area contributed by atoms with Gasteiger partial charge >= 0.3 is 5.97 Å². The zero-order chi connectivity index (χ0) is 24.8. The zero-order valence-corrected chi connectivity index (χ0v) is 21.8. The summed E-state index contributed by atoms with van der Waals surface area (Å²) < 4.78 is 5.09. The van der Waals surface area contributed by atoms with Crippen molar-refractivity contribution in [3.8, 4) is 0 Å². The van der Waals surface area contributed by atoms with Crippen LogP contribution in [-0.2, 0) is 19.1 Å². The normalized spacial score (nSPS) is 22.3. The summed E-state index contributed by atoms with van der Waals surface area (Å²) in [5, 5.41) is 3.06. The molecule has 0 aromatic carbocycles. The second kappa shape index (κ2) is 11.8. The molecule has 2 unspecified atom stereocenters. The second-order valence-corrected chi connectivity index (χ2v) is 10.7. The summed E-state index contributed by atoms with van der Waals surface area (Å²) in [4.78, 5) is 42.6. The molecule has 7 nitrogen and oxygen atoms in total. The van der Waals surface area contributed by atoms with Gasteiger partial charge in [0, 0.05) is 12.6 Å². The van der Waals surface area contributed by atoms with Crippen LogP contribution in [0.25, 0.3) is 0 Å². The summed E-state index contributed by atoms with van der Waals surface area (Å²) in [6, 6.07) is -1.21. The number of nitrogens with one attached hydrogen (secondary N) is 1. The summed E-state index contributed by atoms with van der Waals surface area (Å²) in [7, 11) is 3.70. The smallest absolute Gasteiger partial charge is 0.333 e. The molecule has 32 heavy (non-hydrogen) atoms. The minimum absolute atomic E-state index is 0.0787. The lowest BCUT2D eigenvalue weighted by molar-refractivity contribution is -0.142. The Labute approximate surface area is 194 Å². The molecule has 0 aliphatic carbocycles. The van der Waals surface area contributed by atoms with E-state index in [1.54, 1.807) is 31.9 Å². The summed E-state index contributed by atoms with van der Waals surface area (Å²) in [5.74, 6) is -0.0807. The molecule has 1 rings (SSSR count). The lowest BCUT2D eigenvalue weighted by Crippen LogP contribution is -2.60. The molecule has 0 bridgehead atoms. The predicted molar refractivity (Wildman–Crippen MR) is 128 cm³/mol. The molecule has 1 heterocycles. The fourth-order valence-corrected chi connectivity index (χ4v) is 4.12. The van der Waals surface area contributed by atoms with Crippen LogP contribution in [0.5, 0.6) is 0 Å². The first kappa shape index (κ1) is 28.1. The van der Waals surface area contributed by atoms with Crippen molar-refractivity contribution >= 4 is 17.8 Å². The van der Waals surface area contributed by atoms with Gasteiger partial charge in [-0.05, 0) is 57.5 Å². The minimum Gasteiger partial charge on any atom is -0.463 e. The standard InChI is InChI=1S/C25H45N3O4/c1-11-32-24(31)18(5)15-19(16(2)3)28(10)23(30)21(25(6,7)8)26-22(29)20-14-17(4)12-13-27(20)9/h15-17,19-21H,11-14H2,1-10H3,(H,26,29)/b18-15+/t17?,19-,20?,21-/m1/s1. The number of hydrogen-bond acceptors (Lipinski definition) is 5. The zero-order valence-electron chi connectivity index (χ0n) is 21.8. The number of piperidine rings is 1. The first-order valence-corrected chi connectivity index (χ1v) is 11.8. The van der Waals surface area contributed by atoms with Gasteiger partial charge in [0.2, 0.25) is 11.8 Å². The van der Waals surface area contributed by atoms with Gasteiger partial charge in [-0.1, -0.05) is 47.6 Å². The highest BCUT2D eigenvalue weighted by atomic mass is 16.5. The van der Waals surface area contributed by atoms with Crippen LogP contribution in [-0.4, -0.2) is 73.0 Å². The number of likely N-dealkylation sites (N-methyl/N-ethyl adjacent to an activating group) is 2. The van der Waals surface area contributed by atoms with Gasteiger partial charge in [-0.2, -0.15) is 0 Å². The number of rotatable bonds is 8.